The molecule has 98 valence electrons. The van der Waals surface area contributed by atoms with Crippen LogP contribution in [0, 0.1) is 17.6 Å². The fourth-order valence-electron chi connectivity index (χ4n) is 2.08. The summed E-state index contributed by atoms with van der Waals surface area (Å²) in [5.74, 6) is -1.29. The Labute approximate surface area is 105 Å². The van der Waals surface area contributed by atoms with Gasteiger partial charge in [0, 0.05) is 24.1 Å². The molecule has 1 fully saturated rings. The van der Waals surface area contributed by atoms with Gasteiger partial charge in [0.05, 0.1) is 0 Å². The van der Waals surface area contributed by atoms with Gasteiger partial charge in [-0.2, -0.15) is 0 Å². The van der Waals surface area contributed by atoms with Crippen molar-refractivity contribution in [2.45, 2.75) is 19.4 Å². The molecule has 1 aromatic carbocycles. The Morgan fingerprint density at radius 1 is 1.33 bits per heavy atom. The molecule has 0 atom stereocenters. The van der Waals surface area contributed by atoms with Gasteiger partial charge in [-0.05, 0) is 32.0 Å². The maximum Gasteiger partial charge on any atom is 0.223 e. The largest absolute Gasteiger partial charge is 0.352 e. The van der Waals surface area contributed by atoms with Crippen molar-refractivity contribution in [3.63, 3.8) is 0 Å². The molecule has 1 amide bonds. The molecule has 1 saturated heterocycles. The summed E-state index contributed by atoms with van der Waals surface area (Å²) in [6, 6.07) is 3.37. The van der Waals surface area contributed by atoms with Gasteiger partial charge in [-0.15, -0.1) is 0 Å². The molecule has 1 aromatic rings. The smallest absolute Gasteiger partial charge is 0.223 e. The van der Waals surface area contributed by atoms with E-state index >= 15 is 0 Å². The van der Waals surface area contributed by atoms with E-state index in [1.165, 1.54) is 12.1 Å². The standard InChI is InChI=1S/C13H16F2N2O/c14-11-2-1-10(12(15)7-11)8-17-13(18)9-3-5-16-6-4-9/h1-2,7,9,16H,3-6,8H2,(H,17,18). The SMILES string of the molecule is O=C(NCc1ccc(F)cc1F)C1CCNCC1. The second-order valence-corrected chi connectivity index (χ2v) is 4.48. The van der Waals surface area contributed by atoms with Crippen molar-refractivity contribution in [3.05, 3.63) is 35.4 Å². The normalized spacial score (nSPS) is 16.6. The average Bonchev–Trinajstić information content (AvgIpc) is 2.38. The molecule has 0 bridgehead atoms. The van der Waals surface area contributed by atoms with Crippen LogP contribution in [-0.4, -0.2) is 19.0 Å². The van der Waals surface area contributed by atoms with E-state index < -0.39 is 11.6 Å². The number of carbonyl (C=O) groups is 1. The van der Waals surface area contributed by atoms with E-state index in [1.807, 2.05) is 0 Å². The number of rotatable bonds is 3. The van der Waals surface area contributed by atoms with Crippen LogP contribution >= 0.6 is 0 Å². The Hall–Kier alpha value is -1.49. The van der Waals surface area contributed by atoms with Gasteiger partial charge in [0.25, 0.3) is 0 Å². The van der Waals surface area contributed by atoms with Crippen LogP contribution in [0.3, 0.4) is 0 Å². The summed E-state index contributed by atoms with van der Waals surface area (Å²) in [6.07, 6.45) is 1.61. The maximum atomic E-state index is 13.3. The van der Waals surface area contributed by atoms with E-state index in [1.54, 1.807) is 0 Å². The number of halogens is 2. The molecule has 1 aliphatic heterocycles. The van der Waals surface area contributed by atoms with Gasteiger partial charge in [-0.25, -0.2) is 8.78 Å². The summed E-state index contributed by atoms with van der Waals surface area (Å²) in [7, 11) is 0. The molecule has 1 aliphatic rings. The van der Waals surface area contributed by atoms with Crippen LogP contribution in [-0.2, 0) is 11.3 Å². The first kappa shape index (κ1) is 13.0. The third kappa shape index (κ3) is 3.26. The monoisotopic (exact) mass is 254 g/mol. The molecule has 0 saturated carbocycles. The molecule has 5 heteroatoms. The van der Waals surface area contributed by atoms with Gasteiger partial charge in [0.1, 0.15) is 11.6 Å². The minimum atomic E-state index is -0.624. The van der Waals surface area contributed by atoms with E-state index in [0.29, 0.717) is 5.56 Å². The lowest BCUT2D eigenvalue weighted by molar-refractivity contribution is -0.125. The van der Waals surface area contributed by atoms with E-state index in [4.69, 9.17) is 0 Å². The van der Waals surface area contributed by atoms with Crippen LogP contribution in [0.4, 0.5) is 8.78 Å². The molecule has 0 spiro atoms. The van der Waals surface area contributed by atoms with Gasteiger partial charge in [-0.1, -0.05) is 6.07 Å². The molecule has 2 N–H and O–H groups in total. The summed E-state index contributed by atoms with van der Waals surface area (Å²) < 4.78 is 26.0. The van der Waals surface area contributed by atoms with E-state index in [0.717, 1.165) is 32.0 Å². The lowest BCUT2D eigenvalue weighted by Crippen LogP contribution is -2.38. The summed E-state index contributed by atoms with van der Waals surface area (Å²) in [5.41, 5.74) is 0.304. The number of benzene rings is 1. The fraction of sp³-hybridized carbons (Fsp3) is 0.462. The third-order valence-corrected chi connectivity index (χ3v) is 3.18. The van der Waals surface area contributed by atoms with Gasteiger partial charge in [0.2, 0.25) is 5.91 Å². The summed E-state index contributed by atoms with van der Waals surface area (Å²) >= 11 is 0. The highest BCUT2D eigenvalue weighted by molar-refractivity contribution is 5.78. The van der Waals surface area contributed by atoms with Gasteiger partial charge in [-0.3, -0.25) is 4.79 Å². The van der Waals surface area contributed by atoms with E-state index in [-0.39, 0.29) is 18.4 Å². The number of hydrogen-bond acceptors (Lipinski definition) is 2. The zero-order valence-corrected chi connectivity index (χ0v) is 10.0. The van der Waals surface area contributed by atoms with Crippen LogP contribution in [0.15, 0.2) is 18.2 Å². The first-order valence-electron chi connectivity index (χ1n) is 6.09. The van der Waals surface area contributed by atoms with Gasteiger partial charge < -0.3 is 10.6 Å². The van der Waals surface area contributed by atoms with E-state index in [9.17, 15) is 13.6 Å². The molecule has 2 rings (SSSR count). The molecular weight excluding hydrogens is 238 g/mol. The van der Waals surface area contributed by atoms with Crippen LogP contribution < -0.4 is 10.6 Å². The molecule has 3 nitrogen and oxygen atoms in total. The van der Waals surface area contributed by atoms with Crippen molar-refractivity contribution in [2.75, 3.05) is 13.1 Å². The van der Waals surface area contributed by atoms with Crippen LogP contribution in [0.1, 0.15) is 18.4 Å². The maximum absolute atomic E-state index is 13.3. The number of piperidine rings is 1. The Morgan fingerprint density at radius 3 is 2.72 bits per heavy atom. The topological polar surface area (TPSA) is 41.1 Å². The fourth-order valence-corrected chi connectivity index (χ4v) is 2.08. The number of nitrogens with one attached hydrogen (secondary N) is 2. The quantitative estimate of drug-likeness (QED) is 0.860. The predicted molar refractivity (Wildman–Crippen MR) is 63.8 cm³/mol. The average molecular weight is 254 g/mol. The van der Waals surface area contributed by atoms with Gasteiger partial charge in [0.15, 0.2) is 0 Å². The Morgan fingerprint density at radius 2 is 2.06 bits per heavy atom. The summed E-state index contributed by atoms with van der Waals surface area (Å²) in [4.78, 5) is 11.8. The molecule has 0 aliphatic carbocycles. The summed E-state index contributed by atoms with van der Waals surface area (Å²) in [6.45, 7) is 1.78. The molecular formula is C13H16F2N2O. The number of amides is 1. The minimum Gasteiger partial charge on any atom is -0.352 e. The van der Waals surface area contributed by atoms with Crippen molar-refractivity contribution >= 4 is 5.91 Å². The van der Waals surface area contributed by atoms with Crippen molar-refractivity contribution in [1.82, 2.24) is 10.6 Å². The van der Waals surface area contributed by atoms with Crippen molar-refractivity contribution in [1.29, 1.82) is 0 Å². The number of carbonyl (C=O) groups excluding carboxylic acids is 1. The highest BCUT2D eigenvalue weighted by Crippen LogP contribution is 2.13. The van der Waals surface area contributed by atoms with Crippen LogP contribution in [0.25, 0.3) is 0 Å². The zero-order valence-electron chi connectivity index (χ0n) is 10.0. The Balaban J connectivity index is 1.88. The Kier molecular flexibility index (Phi) is 4.25. The van der Waals surface area contributed by atoms with Crippen LogP contribution in [0.2, 0.25) is 0 Å². The second-order valence-electron chi connectivity index (χ2n) is 4.48. The minimum absolute atomic E-state index is 0.00485. The highest BCUT2D eigenvalue weighted by Gasteiger charge is 2.20. The summed E-state index contributed by atoms with van der Waals surface area (Å²) in [5, 5.41) is 5.88. The van der Waals surface area contributed by atoms with Crippen molar-refractivity contribution in [3.8, 4) is 0 Å². The van der Waals surface area contributed by atoms with E-state index in [2.05, 4.69) is 10.6 Å². The first-order valence-corrected chi connectivity index (χ1v) is 6.09. The molecule has 0 unspecified atom stereocenters. The highest BCUT2D eigenvalue weighted by atomic mass is 19.1. The predicted octanol–water partition coefficient (Wildman–Crippen LogP) is 1.58. The molecule has 18 heavy (non-hydrogen) atoms. The Bertz CT molecular complexity index is 431. The van der Waals surface area contributed by atoms with Crippen molar-refractivity contribution in [2.24, 2.45) is 5.92 Å². The van der Waals surface area contributed by atoms with Crippen molar-refractivity contribution < 1.29 is 13.6 Å². The lowest BCUT2D eigenvalue weighted by atomic mass is 9.97. The molecule has 0 radical (unpaired) electrons. The second kappa shape index (κ2) is 5.91. The lowest BCUT2D eigenvalue weighted by Gasteiger charge is -2.21. The van der Waals surface area contributed by atoms with Gasteiger partial charge >= 0.3 is 0 Å². The molecule has 1 heterocycles. The number of hydrogen-bond donors (Lipinski definition) is 2. The molecule has 0 aromatic heterocycles. The van der Waals surface area contributed by atoms with Crippen LogP contribution in [0.5, 0.6) is 0 Å². The zero-order chi connectivity index (χ0) is 13.0. The third-order valence-electron chi connectivity index (χ3n) is 3.18. The first-order chi connectivity index (χ1) is 8.66.